The van der Waals surface area contributed by atoms with E-state index in [1.807, 2.05) is 18.2 Å². The number of hydrogen-bond acceptors (Lipinski definition) is 6. The Balaban J connectivity index is 1.75. The van der Waals surface area contributed by atoms with Crippen molar-refractivity contribution in [1.82, 2.24) is 10.2 Å². The maximum atomic E-state index is 12.4. The van der Waals surface area contributed by atoms with E-state index in [1.165, 1.54) is 11.3 Å². The summed E-state index contributed by atoms with van der Waals surface area (Å²) in [7, 11) is 0. The number of nitrogens with one attached hydrogen (secondary N) is 1. The number of rotatable bonds is 5. The van der Waals surface area contributed by atoms with E-state index in [0.717, 1.165) is 4.90 Å². The van der Waals surface area contributed by atoms with Gasteiger partial charge in [-0.05, 0) is 24.3 Å². The fourth-order valence-corrected chi connectivity index (χ4v) is 4.37. The van der Waals surface area contributed by atoms with E-state index in [1.54, 1.807) is 23.9 Å². The van der Waals surface area contributed by atoms with Crippen molar-refractivity contribution < 1.29 is 9.21 Å². The Labute approximate surface area is 162 Å². The molecule has 0 spiro atoms. The molecule has 1 N–H and O–H groups in total. The molecule has 25 heavy (non-hydrogen) atoms. The van der Waals surface area contributed by atoms with Gasteiger partial charge in [0.05, 0.1) is 9.90 Å². The predicted molar refractivity (Wildman–Crippen MR) is 103 cm³/mol. The third kappa shape index (κ3) is 4.55. The maximum absolute atomic E-state index is 12.4. The Morgan fingerprint density at radius 3 is 2.76 bits per heavy atom. The Hall–Kier alpha value is -1.54. The van der Waals surface area contributed by atoms with Crippen LogP contribution < -0.4 is 5.32 Å². The van der Waals surface area contributed by atoms with Crippen LogP contribution in [-0.2, 0) is 0 Å². The molecule has 2 heterocycles. The van der Waals surface area contributed by atoms with Gasteiger partial charge in [-0.3, -0.25) is 10.1 Å². The first-order valence-electron chi connectivity index (χ1n) is 7.29. The summed E-state index contributed by atoms with van der Waals surface area (Å²) >= 11 is 14.9. The molecule has 0 aliphatic carbocycles. The van der Waals surface area contributed by atoms with Crippen LogP contribution in [0.4, 0.5) is 6.01 Å². The van der Waals surface area contributed by atoms with Gasteiger partial charge in [0.25, 0.3) is 11.8 Å². The van der Waals surface area contributed by atoms with Gasteiger partial charge in [-0.25, -0.2) is 0 Å². The van der Waals surface area contributed by atoms with Crippen molar-refractivity contribution in [3.63, 3.8) is 0 Å². The molecule has 5 nitrogen and oxygen atoms in total. The molecule has 2 aromatic heterocycles. The average molecular weight is 414 g/mol. The number of hydrogen-bond donors (Lipinski definition) is 1. The van der Waals surface area contributed by atoms with Crippen molar-refractivity contribution in [3.05, 3.63) is 44.6 Å². The highest BCUT2D eigenvalue weighted by Crippen LogP contribution is 2.37. The lowest BCUT2D eigenvalue weighted by molar-refractivity contribution is 0.102. The fourth-order valence-electron chi connectivity index (χ4n) is 2.02. The topological polar surface area (TPSA) is 68.0 Å². The molecule has 3 rings (SSSR count). The van der Waals surface area contributed by atoms with Crippen LogP contribution in [0.2, 0.25) is 8.67 Å². The van der Waals surface area contributed by atoms with Crippen LogP contribution in [0, 0.1) is 0 Å². The number of aromatic nitrogens is 2. The molecule has 1 amide bonds. The molecule has 130 valence electrons. The van der Waals surface area contributed by atoms with E-state index in [-0.39, 0.29) is 17.8 Å². The second kappa shape index (κ2) is 7.78. The highest BCUT2D eigenvalue weighted by Gasteiger charge is 2.17. The summed E-state index contributed by atoms with van der Waals surface area (Å²) in [4.78, 5) is 13.4. The summed E-state index contributed by atoms with van der Waals surface area (Å²) in [6, 6.07) is 9.00. The summed E-state index contributed by atoms with van der Waals surface area (Å²) in [6.45, 7) is 4.19. The van der Waals surface area contributed by atoms with Crippen LogP contribution in [0.25, 0.3) is 11.5 Å². The summed E-state index contributed by atoms with van der Waals surface area (Å²) in [6.07, 6.45) is 0. The van der Waals surface area contributed by atoms with E-state index in [0.29, 0.717) is 25.0 Å². The number of benzene rings is 1. The molecule has 0 bridgehead atoms. The van der Waals surface area contributed by atoms with Crippen molar-refractivity contribution in [2.24, 2.45) is 0 Å². The number of anilines is 1. The smallest absolute Gasteiger partial charge is 0.322 e. The van der Waals surface area contributed by atoms with E-state index in [2.05, 4.69) is 29.4 Å². The van der Waals surface area contributed by atoms with Crippen LogP contribution in [-0.4, -0.2) is 21.4 Å². The normalized spacial score (nSPS) is 11.1. The minimum absolute atomic E-state index is 0.000282. The molecule has 0 aliphatic heterocycles. The van der Waals surface area contributed by atoms with Gasteiger partial charge in [0, 0.05) is 15.7 Å². The van der Waals surface area contributed by atoms with E-state index >= 15 is 0 Å². The van der Waals surface area contributed by atoms with Crippen LogP contribution >= 0.6 is 46.3 Å². The van der Waals surface area contributed by atoms with Crippen LogP contribution in [0.15, 0.2) is 39.6 Å². The van der Waals surface area contributed by atoms with Crippen molar-refractivity contribution >= 4 is 58.2 Å². The van der Waals surface area contributed by atoms with Gasteiger partial charge >= 0.3 is 6.01 Å². The summed E-state index contributed by atoms with van der Waals surface area (Å²) in [5.41, 5.74) is 1.06. The first-order valence-corrected chi connectivity index (χ1v) is 9.74. The number of thiophene rings is 1. The molecule has 1 aromatic carbocycles. The number of amides is 1. The molecule has 0 radical (unpaired) electrons. The molecule has 0 atom stereocenters. The highest BCUT2D eigenvalue weighted by atomic mass is 35.5. The number of carbonyl (C=O) groups excluding carboxylic acids is 1. The summed E-state index contributed by atoms with van der Waals surface area (Å²) in [5.74, 6) is -0.122. The molecule has 3 aromatic rings. The lowest BCUT2D eigenvalue weighted by Gasteiger charge is -2.06. The van der Waals surface area contributed by atoms with Gasteiger partial charge < -0.3 is 4.42 Å². The molecule has 0 fully saturated rings. The Kier molecular flexibility index (Phi) is 5.68. The quantitative estimate of drug-likeness (QED) is 0.530. The average Bonchev–Trinajstić information content (AvgIpc) is 3.13. The maximum Gasteiger partial charge on any atom is 0.322 e. The molecular formula is C16H13Cl2N3O2S2. The molecule has 9 heteroatoms. The Morgan fingerprint density at radius 2 is 2.08 bits per heavy atom. The van der Waals surface area contributed by atoms with E-state index < -0.39 is 0 Å². The van der Waals surface area contributed by atoms with Crippen LogP contribution in [0.5, 0.6) is 0 Å². The van der Waals surface area contributed by atoms with Gasteiger partial charge in [-0.1, -0.05) is 48.2 Å². The SMILES string of the molecule is CC(C)Sc1cccc(C(=O)Nc2nnc(-c3cc(Cl)sc3Cl)o2)c1. The first-order chi connectivity index (χ1) is 11.9. The second-order valence-corrected chi connectivity index (χ2v) is 9.23. The number of nitrogens with zero attached hydrogens (tertiary/aromatic N) is 2. The number of thioether (sulfide) groups is 1. The van der Waals surface area contributed by atoms with E-state index in [4.69, 9.17) is 27.6 Å². The third-order valence-electron chi connectivity index (χ3n) is 3.00. The third-order valence-corrected chi connectivity index (χ3v) is 5.49. The standard InChI is InChI=1S/C16H13Cl2N3O2S2/c1-8(2)24-10-5-3-4-9(6-10)14(22)19-16-21-20-15(23-16)11-7-12(17)25-13(11)18/h3-8H,1-2H3,(H,19,21,22). The van der Waals surface area contributed by atoms with E-state index in [9.17, 15) is 4.79 Å². The molecule has 0 aliphatic rings. The Bertz CT molecular complexity index is 908. The largest absolute Gasteiger partial charge is 0.403 e. The van der Waals surface area contributed by atoms with Gasteiger partial charge in [-0.2, -0.15) is 0 Å². The van der Waals surface area contributed by atoms with Gasteiger partial charge in [0.1, 0.15) is 4.34 Å². The van der Waals surface area contributed by atoms with Gasteiger partial charge in [0.2, 0.25) is 0 Å². The first kappa shape index (κ1) is 18.3. The highest BCUT2D eigenvalue weighted by molar-refractivity contribution is 7.99. The monoisotopic (exact) mass is 413 g/mol. The predicted octanol–water partition coefficient (Wildman–Crippen LogP) is 5.86. The fraction of sp³-hybridized carbons (Fsp3) is 0.188. The number of halogens is 2. The van der Waals surface area contributed by atoms with Crippen molar-refractivity contribution in [3.8, 4) is 11.5 Å². The van der Waals surface area contributed by atoms with Crippen molar-refractivity contribution in [2.45, 2.75) is 24.0 Å². The van der Waals surface area contributed by atoms with Crippen molar-refractivity contribution in [1.29, 1.82) is 0 Å². The van der Waals surface area contributed by atoms with Gasteiger partial charge in [-0.15, -0.1) is 28.2 Å². The molecule has 0 saturated heterocycles. The zero-order valence-electron chi connectivity index (χ0n) is 13.2. The van der Waals surface area contributed by atoms with Crippen LogP contribution in [0.1, 0.15) is 24.2 Å². The van der Waals surface area contributed by atoms with Crippen molar-refractivity contribution in [2.75, 3.05) is 5.32 Å². The Morgan fingerprint density at radius 1 is 1.28 bits per heavy atom. The zero-order valence-corrected chi connectivity index (χ0v) is 16.4. The minimum atomic E-state index is -0.323. The van der Waals surface area contributed by atoms with Crippen LogP contribution in [0.3, 0.4) is 0 Å². The second-order valence-electron chi connectivity index (χ2n) is 5.30. The molecule has 0 unspecified atom stereocenters. The minimum Gasteiger partial charge on any atom is -0.403 e. The summed E-state index contributed by atoms with van der Waals surface area (Å²) in [5, 5.41) is 10.7. The van der Waals surface area contributed by atoms with Gasteiger partial charge in [0.15, 0.2) is 0 Å². The lowest BCUT2D eigenvalue weighted by Crippen LogP contribution is -2.12. The molecular weight excluding hydrogens is 401 g/mol. The summed E-state index contributed by atoms with van der Waals surface area (Å²) < 4.78 is 6.42. The lowest BCUT2D eigenvalue weighted by atomic mass is 10.2. The molecule has 0 saturated carbocycles. The zero-order chi connectivity index (χ0) is 18.0. The number of carbonyl (C=O) groups is 1.